The summed E-state index contributed by atoms with van der Waals surface area (Å²) in [5, 5.41) is 16.1. The minimum Gasteiger partial charge on any atom is -0.355 e. The van der Waals surface area contributed by atoms with E-state index in [1.54, 1.807) is 0 Å². The van der Waals surface area contributed by atoms with Crippen molar-refractivity contribution in [1.29, 1.82) is 0 Å². The second-order valence-electron chi connectivity index (χ2n) is 14.8. The first-order valence-electron chi connectivity index (χ1n) is 19.5. The van der Waals surface area contributed by atoms with Crippen molar-refractivity contribution in [2.24, 2.45) is 0 Å². The van der Waals surface area contributed by atoms with E-state index in [-0.39, 0.29) is 0 Å². The lowest BCUT2D eigenvalue weighted by Gasteiger charge is -2.21. The summed E-state index contributed by atoms with van der Waals surface area (Å²) < 4.78 is 0. The Balaban J connectivity index is 1.19. The molecule has 10 aromatic carbocycles. The first-order chi connectivity index (χ1) is 28.3. The van der Waals surface area contributed by atoms with Gasteiger partial charge in [0.05, 0.1) is 0 Å². The van der Waals surface area contributed by atoms with Gasteiger partial charge in [-0.1, -0.05) is 164 Å². The number of fused-ring (bicyclic) bond motifs is 6. The summed E-state index contributed by atoms with van der Waals surface area (Å²) in [6, 6.07) is 72.9. The van der Waals surface area contributed by atoms with E-state index in [9.17, 15) is 0 Å². The minimum absolute atomic E-state index is 1.02. The second-order valence-corrected chi connectivity index (χ2v) is 14.8. The van der Waals surface area contributed by atoms with Crippen molar-refractivity contribution in [3.05, 3.63) is 213 Å². The lowest BCUT2D eigenvalue weighted by atomic mass is 9.82. The highest BCUT2D eigenvalue weighted by Crippen LogP contribution is 2.48. The highest BCUT2D eigenvalue weighted by molar-refractivity contribution is 6.27. The van der Waals surface area contributed by atoms with Gasteiger partial charge in [-0.2, -0.15) is 0 Å². The standard InChI is InChI=1S/C55H36N2/c1-2-19-41(20-3-1)57-53-30-31-56-35-52(53)39-18-12-17-37(32-39)38-28-29-49-51(33-38)54(46-27-13-16-36-14-4-6-21-42(36)46)47-25-10-11-26-48(47)55(49)50-34-40-15-5-7-22-43(40)44-23-8-9-24-45(44)50/h1-35H,(H,56,57). The van der Waals surface area contributed by atoms with Crippen LogP contribution in [0.3, 0.4) is 0 Å². The van der Waals surface area contributed by atoms with Crippen LogP contribution in [0.25, 0.3) is 98.4 Å². The van der Waals surface area contributed by atoms with Crippen LogP contribution >= 0.6 is 0 Å². The lowest BCUT2D eigenvalue weighted by molar-refractivity contribution is 1.32. The molecule has 0 aliphatic rings. The van der Waals surface area contributed by atoms with Gasteiger partial charge < -0.3 is 5.32 Å². The van der Waals surface area contributed by atoms with Gasteiger partial charge in [0, 0.05) is 29.3 Å². The molecule has 0 spiro atoms. The molecule has 0 amide bonds. The van der Waals surface area contributed by atoms with Crippen LogP contribution < -0.4 is 5.32 Å². The molecule has 1 aromatic heterocycles. The number of hydrogen-bond acceptors (Lipinski definition) is 2. The van der Waals surface area contributed by atoms with Gasteiger partial charge in [0.15, 0.2) is 0 Å². The monoisotopic (exact) mass is 724 g/mol. The van der Waals surface area contributed by atoms with E-state index in [4.69, 9.17) is 0 Å². The maximum Gasteiger partial charge on any atom is 0.0494 e. The normalized spacial score (nSPS) is 11.5. The molecular weight excluding hydrogens is 689 g/mol. The highest BCUT2D eigenvalue weighted by Gasteiger charge is 2.21. The number of nitrogens with zero attached hydrogens (tertiary/aromatic N) is 1. The van der Waals surface area contributed by atoms with E-state index >= 15 is 0 Å². The molecule has 11 rings (SSSR count). The van der Waals surface area contributed by atoms with Crippen LogP contribution in [-0.4, -0.2) is 4.98 Å². The van der Waals surface area contributed by atoms with Gasteiger partial charge in [-0.05, 0) is 129 Å². The molecule has 0 saturated heterocycles. The van der Waals surface area contributed by atoms with Crippen molar-refractivity contribution in [3.63, 3.8) is 0 Å². The summed E-state index contributed by atoms with van der Waals surface area (Å²) in [6.07, 6.45) is 3.80. The van der Waals surface area contributed by atoms with Gasteiger partial charge in [-0.15, -0.1) is 0 Å². The van der Waals surface area contributed by atoms with E-state index in [2.05, 4.69) is 186 Å². The third kappa shape index (κ3) is 5.61. The molecule has 0 bridgehead atoms. The molecule has 0 radical (unpaired) electrons. The third-order valence-corrected chi connectivity index (χ3v) is 11.5. The van der Waals surface area contributed by atoms with Crippen LogP contribution in [0.5, 0.6) is 0 Å². The third-order valence-electron chi connectivity index (χ3n) is 11.5. The molecule has 57 heavy (non-hydrogen) atoms. The van der Waals surface area contributed by atoms with Gasteiger partial charge >= 0.3 is 0 Å². The number of para-hydroxylation sites is 1. The van der Waals surface area contributed by atoms with Crippen LogP contribution in [0, 0.1) is 0 Å². The second kappa shape index (κ2) is 13.6. The van der Waals surface area contributed by atoms with E-state index in [0.29, 0.717) is 0 Å². The summed E-state index contributed by atoms with van der Waals surface area (Å²) in [4.78, 5) is 4.54. The van der Waals surface area contributed by atoms with Crippen molar-refractivity contribution >= 4 is 65.2 Å². The molecule has 2 heteroatoms. The molecule has 0 unspecified atom stereocenters. The predicted octanol–water partition coefficient (Wildman–Crippen LogP) is 15.3. The van der Waals surface area contributed by atoms with Crippen molar-refractivity contribution in [3.8, 4) is 44.5 Å². The van der Waals surface area contributed by atoms with Gasteiger partial charge in [0.2, 0.25) is 0 Å². The number of nitrogens with one attached hydrogen (secondary N) is 1. The Morgan fingerprint density at radius 2 is 0.912 bits per heavy atom. The summed E-state index contributed by atoms with van der Waals surface area (Å²) >= 11 is 0. The first kappa shape index (κ1) is 32.8. The van der Waals surface area contributed by atoms with Crippen molar-refractivity contribution < 1.29 is 0 Å². The number of aromatic nitrogens is 1. The molecule has 0 fully saturated rings. The van der Waals surface area contributed by atoms with Crippen LogP contribution in [-0.2, 0) is 0 Å². The lowest BCUT2D eigenvalue weighted by Crippen LogP contribution is -1.94. The molecule has 0 aliphatic carbocycles. The van der Waals surface area contributed by atoms with Crippen LogP contribution in [0.4, 0.5) is 11.4 Å². The number of anilines is 2. The number of pyridine rings is 1. The Hall–Kier alpha value is -7.55. The molecular formula is C55H36N2. The Labute approximate surface area is 331 Å². The maximum absolute atomic E-state index is 4.54. The Morgan fingerprint density at radius 3 is 1.74 bits per heavy atom. The SMILES string of the molecule is c1ccc(Nc2ccncc2-c2cccc(-c3ccc4c(-c5cc6ccccc6c6ccccc56)c5ccccc5c(-c5cccc6ccccc56)c4c3)c2)cc1. The van der Waals surface area contributed by atoms with Crippen molar-refractivity contribution in [1.82, 2.24) is 4.98 Å². The Bertz CT molecular complexity index is 3320. The zero-order chi connectivity index (χ0) is 37.7. The highest BCUT2D eigenvalue weighted by atomic mass is 14.9. The fraction of sp³-hybridized carbons (Fsp3) is 0. The smallest absolute Gasteiger partial charge is 0.0494 e. The van der Waals surface area contributed by atoms with Crippen molar-refractivity contribution in [2.75, 3.05) is 5.32 Å². The molecule has 0 saturated carbocycles. The van der Waals surface area contributed by atoms with E-state index in [1.165, 1.54) is 76.1 Å². The summed E-state index contributed by atoms with van der Waals surface area (Å²) in [5.41, 5.74) is 11.5. The first-order valence-corrected chi connectivity index (χ1v) is 19.5. The molecule has 0 aliphatic heterocycles. The summed E-state index contributed by atoms with van der Waals surface area (Å²) in [7, 11) is 0. The quantitative estimate of drug-likeness (QED) is 0.136. The largest absolute Gasteiger partial charge is 0.355 e. The van der Waals surface area contributed by atoms with Crippen molar-refractivity contribution in [2.45, 2.75) is 0 Å². The number of rotatable bonds is 6. The Morgan fingerprint density at radius 1 is 0.316 bits per heavy atom. The number of hydrogen-bond donors (Lipinski definition) is 1. The summed E-state index contributed by atoms with van der Waals surface area (Å²) in [5.74, 6) is 0. The van der Waals surface area contributed by atoms with E-state index in [1.807, 2.05) is 36.7 Å². The minimum atomic E-state index is 1.02. The zero-order valence-electron chi connectivity index (χ0n) is 31.2. The van der Waals surface area contributed by atoms with Gasteiger partial charge in [0.25, 0.3) is 0 Å². The summed E-state index contributed by atoms with van der Waals surface area (Å²) in [6.45, 7) is 0. The van der Waals surface area contributed by atoms with Crippen LogP contribution in [0.2, 0.25) is 0 Å². The molecule has 11 aromatic rings. The average Bonchev–Trinajstić information content (AvgIpc) is 3.28. The topological polar surface area (TPSA) is 24.9 Å². The molecule has 266 valence electrons. The molecule has 0 atom stereocenters. The zero-order valence-corrected chi connectivity index (χ0v) is 31.2. The van der Waals surface area contributed by atoms with Crippen LogP contribution in [0.1, 0.15) is 0 Å². The fourth-order valence-corrected chi connectivity index (χ4v) is 8.92. The molecule has 1 heterocycles. The van der Waals surface area contributed by atoms with Gasteiger partial charge in [0.1, 0.15) is 0 Å². The Kier molecular flexibility index (Phi) is 7.86. The molecule has 2 nitrogen and oxygen atoms in total. The van der Waals surface area contributed by atoms with Gasteiger partial charge in [-0.3, -0.25) is 4.98 Å². The van der Waals surface area contributed by atoms with E-state index < -0.39 is 0 Å². The number of benzene rings is 10. The fourth-order valence-electron chi connectivity index (χ4n) is 8.92. The maximum atomic E-state index is 4.54. The predicted molar refractivity (Wildman–Crippen MR) is 243 cm³/mol. The van der Waals surface area contributed by atoms with Crippen LogP contribution in [0.15, 0.2) is 213 Å². The molecule has 1 N–H and O–H groups in total. The van der Waals surface area contributed by atoms with Gasteiger partial charge in [-0.25, -0.2) is 0 Å². The average molecular weight is 725 g/mol. The van der Waals surface area contributed by atoms with E-state index in [0.717, 1.165) is 33.6 Å².